The van der Waals surface area contributed by atoms with Crippen LogP contribution < -0.4 is 5.73 Å². The number of carbonyl (C=O) groups excluding carboxylic acids is 1. The topological polar surface area (TPSA) is 66.6 Å². The fraction of sp³-hybridized carbons (Fsp3) is 0.364. The minimum atomic E-state index is -0.446. The predicted molar refractivity (Wildman–Crippen MR) is 67.4 cm³/mol. The lowest BCUT2D eigenvalue weighted by molar-refractivity contribution is 0.0765. The summed E-state index contributed by atoms with van der Waals surface area (Å²) < 4.78 is 0. The Morgan fingerprint density at radius 3 is 2.47 bits per heavy atom. The summed E-state index contributed by atoms with van der Waals surface area (Å²) in [5.74, 6) is -0.189. The second kappa shape index (κ2) is 4.72. The second-order valence-corrected chi connectivity index (χ2v) is 4.86. The Bertz CT molecular complexity index is 442. The number of carbonyl (C=O) groups is 1. The summed E-state index contributed by atoms with van der Waals surface area (Å²) in [6, 6.07) is 2.99. The van der Waals surface area contributed by atoms with Crippen LogP contribution in [0.5, 0.6) is 0 Å². The van der Waals surface area contributed by atoms with E-state index in [0.717, 1.165) is 0 Å². The number of nitrogens with zero attached hydrogens (tertiary/aromatic N) is 1. The van der Waals surface area contributed by atoms with E-state index in [1.807, 2.05) is 0 Å². The van der Waals surface area contributed by atoms with Gasteiger partial charge in [-0.1, -0.05) is 23.2 Å². The van der Waals surface area contributed by atoms with Crippen molar-refractivity contribution in [2.75, 3.05) is 18.8 Å². The van der Waals surface area contributed by atoms with Crippen LogP contribution in [0, 0.1) is 0 Å². The van der Waals surface area contributed by atoms with Gasteiger partial charge in [0.2, 0.25) is 0 Å². The summed E-state index contributed by atoms with van der Waals surface area (Å²) in [6.45, 7) is 0.887. The van der Waals surface area contributed by atoms with Crippen LogP contribution in [0.4, 0.5) is 5.69 Å². The SMILES string of the molecule is Nc1c(Cl)cc(C(=O)N2CC[C@H](O)C2)cc1Cl. The number of anilines is 1. The first-order valence-corrected chi connectivity index (χ1v) is 5.96. The zero-order valence-electron chi connectivity index (χ0n) is 8.99. The molecule has 0 bridgehead atoms. The number of hydrogen-bond acceptors (Lipinski definition) is 3. The third-order valence-corrected chi connectivity index (χ3v) is 3.40. The first kappa shape index (κ1) is 12.5. The summed E-state index contributed by atoms with van der Waals surface area (Å²) >= 11 is 11.7. The van der Waals surface area contributed by atoms with E-state index in [0.29, 0.717) is 25.1 Å². The molecule has 0 unspecified atom stereocenters. The van der Waals surface area contributed by atoms with Crippen molar-refractivity contribution < 1.29 is 9.90 Å². The molecule has 0 aromatic heterocycles. The Kier molecular flexibility index (Phi) is 3.47. The summed E-state index contributed by atoms with van der Waals surface area (Å²) in [5, 5.41) is 9.91. The molecule has 1 atom stereocenters. The number of hydrogen-bond donors (Lipinski definition) is 2. The van der Waals surface area contributed by atoms with Crippen LogP contribution in [-0.4, -0.2) is 35.1 Å². The van der Waals surface area contributed by atoms with E-state index in [9.17, 15) is 9.90 Å². The number of aliphatic hydroxyl groups excluding tert-OH is 1. The molecule has 4 nitrogen and oxygen atoms in total. The lowest BCUT2D eigenvalue weighted by Crippen LogP contribution is -2.29. The maximum Gasteiger partial charge on any atom is 0.254 e. The number of rotatable bonds is 1. The summed E-state index contributed by atoms with van der Waals surface area (Å²) in [7, 11) is 0. The number of benzene rings is 1. The van der Waals surface area contributed by atoms with Crippen LogP contribution >= 0.6 is 23.2 Å². The maximum atomic E-state index is 12.1. The predicted octanol–water partition coefficient (Wildman–Crippen LogP) is 1.78. The van der Waals surface area contributed by atoms with E-state index in [1.165, 1.54) is 12.1 Å². The van der Waals surface area contributed by atoms with E-state index in [1.54, 1.807) is 4.90 Å². The number of likely N-dealkylation sites (tertiary alicyclic amines) is 1. The van der Waals surface area contributed by atoms with Crippen molar-refractivity contribution in [2.24, 2.45) is 0 Å². The molecule has 1 aliphatic rings. The van der Waals surface area contributed by atoms with Gasteiger partial charge in [-0.3, -0.25) is 4.79 Å². The van der Waals surface area contributed by atoms with Crippen molar-refractivity contribution in [3.05, 3.63) is 27.7 Å². The quantitative estimate of drug-likeness (QED) is 0.768. The minimum Gasteiger partial charge on any atom is -0.396 e. The van der Waals surface area contributed by atoms with Gasteiger partial charge in [-0.15, -0.1) is 0 Å². The van der Waals surface area contributed by atoms with Gasteiger partial charge in [0.15, 0.2) is 0 Å². The van der Waals surface area contributed by atoms with Gasteiger partial charge in [-0.25, -0.2) is 0 Å². The molecule has 1 aliphatic heterocycles. The molecule has 1 aromatic carbocycles. The fourth-order valence-electron chi connectivity index (χ4n) is 1.82. The van der Waals surface area contributed by atoms with E-state index >= 15 is 0 Å². The van der Waals surface area contributed by atoms with Crippen LogP contribution in [0.2, 0.25) is 10.0 Å². The average molecular weight is 275 g/mol. The monoisotopic (exact) mass is 274 g/mol. The van der Waals surface area contributed by atoms with Gasteiger partial charge in [0.1, 0.15) is 0 Å². The number of nitrogen functional groups attached to an aromatic ring is 1. The van der Waals surface area contributed by atoms with Gasteiger partial charge in [0, 0.05) is 18.7 Å². The highest BCUT2D eigenvalue weighted by atomic mass is 35.5. The Hall–Kier alpha value is -0.970. The Morgan fingerprint density at radius 2 is 2.00 bits per heavy atom. The van der Waals surface area contributed by atoms with Crippen molar-refractivity contribution in [1.29, 1.82) is 0 Å². The molecule has 3 N–H and O–H groups in total. The van der Waals surface area contributed by atoms with Crippen molar-refractivity contribution in [1.82, 2.24) is 4.90 Å². The van der Waals surface area contributed by atoms with E-state index in [2.05, 4.69) is 0 Å². The van der Waals surface area contributed by atoms with E-state index < -0.39 is 6.10 Å². The lowest BCUT2D eigenvalue weighted by atomic mass is 10.2. The molecule has 0 radical (unpaired) electrons. The van der Waals surface area contributed by atoms with E-state index in [4.69, 9.17) is 28.9 Å². The molecular weight excluding hydrogens is 263 g/mol. The van der Waals surface area contributed by atoms with Crippen molar-refractivity contribution in [3.63, 3.8) is 0 Å². The van der Waals surface area contributed by atoms with Crippen molar-refractivity contribution >= 4 is 34.8 Å². The first-order valence-electron chi connectivity index (χ1n) is 5.21. The molecule has 0 aliphatic carbocycles. The number of halogens is 2. The average Bonchev–Trinajstić information content (AvgIpc) is 2.71. The smallest absolute Gasteiger partial charge is 0.254 e. The maximum absolute atomic E-state index is 12.1. The normalized spacial score (nSPS) is 19.7. The molecule has 17 heavy (non-hydrogen) atoms. The Morgan fingerprint density at radius 1 is 1.41 bits per heavy atom. The summed E-state index contributed by atoms with van der Waals surface area (Å²) in [4.78, 5) is 13.6. The molecule has 1 heterocycles. The molecule has 2 rings (SSSR count). The van der Waals surface area contributed by atoms with E-state index in [-0.39, 0.29) is 21.6 Å². The molecule has 1 saturated heterocycles. The van der Waals surface area contributed by atoms with Gasteiger partial charge in [0.25, 0.3) is 5.91 Å². The third-order valence-electron chi connectivity index (χ3n) is 2.78. The fourth-order valence-corrected chi connectivity index (χ4v) is 2.30. The molecule has 6 heteroatoms. The molecular formula is C11H12Cl2N2O2. The van der Waals surface area contributed by atoms with Crippen LogP contribution in [-0.2, 0) is 0 Å². The van der Waals surface area contributed by atoms with Crippen LogP contribution in [0.15, 0.2) is 12.1 Å². The summed E-state index contributed by atoms with van der Waals surface area (Å²) in [5.41, 5.74) is 6.26. The molecule has 0 spiro atoms. The highest BCUT2D eigenvalue weighted by Crippen LogP contribution is 2.29. The highest BCUT2D eigenvalue weighted by molar-refractivity contribution is 6.39. The number of aliphatic hydroxyl groups is 1. The zero-order chi connectivity index (χ0) is 12.6. The van der Waals surface area contributed by atoms with Gasteiger partial charge >= 0.3 is 0 Å². The molecule has 1 amide bonds. The zero-order valence-corrected chi connectivity index (χ0v) is 10.5. The van der Waals surface area contributed by atoms with Crippen molar-refractivity contribution in [2.45, 2.75) is 12.5 Å². The largest absolute Gasteiger partial charge is 0.396 e. The third kappa shape index (κ3) is 2.49. The Balaban J connectivity index is 2.25. The molecule has 1 fully saturated rings. The van der Waals surface area contributed by atoms with Gasteiger partial charge in [-0.2, -0.15) is 0 Å². The van der Waals surface area contributed by atoms with Crippen LogP contribution in [0.3, 0.4) is 0 Å². The second-order valence-electron chi connectivity index (χ2n) is 4.05. The molecule has 1 aromatic rings. The number of β-amino-alcohol motifs (C(OH)–C–C–N with tert-alkyl or cyclic N) is 1. The van der Waals surface area contributed by atoms with Crippen LogP contribution in [0.1, 0.15) is 16.8 Å². The minimum absolute atomic E-state index is 0.189. The van der Waals surface area contributed by atoms with Crippen molar-refractivity contribution in [3.8, 4) is 0 Å². The number of amides is 1. The van der Waals surface area contributed by atoms with Gasteiger partial charge < -0.3 is 15.7 Å². The van der Waals surface area contributed by atoms with Crippen LogP contribution in [0.25, 0.3) is 0 Å². The van der Waals surface area contributed by atoms with Gasteiger partial charge in [0.05, 0.1) is 21.8 Å². The summed E-state index contributed by atoms with van der Waals surface area (Å²) in [6.07, 6.45) is 0.154. The van der Waals surface area contributed by atoms with Gasteiger partial charge in [-0.05, 0) is 18.6 Å². The molecule has 0 saturated carbocycles. The lowest BCUT2D eigenvalue weighted by Gasteiger charge is -2.16. The standard InChI is InChI=1S/C11H12Cl2N2O2/c12-8-3-6(4-9(13)10(8)14)11(17)15-2-1-7(16)5-15/h3-4,7,16H,1-2,5,14H2/t7-/m0/s1. The first-order chi connectivity index (χ1) is 7.99. The molecule has 92 valence electrons. The Labute approximate surface area is 109 Å². The highest BCUT2D eigenvalue weighted by Gasteiger charge is 2.26. The number of nitrogens with two attached hydrogens (primary N) is 1.